The van der Waals surface area contributed by atoms with Crippen LogP contribution in [0.1, 0.15) is 17.5 Å². The third-order valence-corrected chi connectivity index (χ3v) is 6.72. The number of aliphatic hydroxyl groups is 1. The zero-order valence-electron chi connectivity index (χ0n) is 20.7. The first-order chi connectivity index (χ1) is 18.1. The highest BCUT2D eigenvalue weighted by Crippen LogP contribution is 2.22. The van der Waals surface area contributed by atoms with Gasteiger partial charge in [-0.1, -0.05) is 72.4 Å². The monoisotopic (exact) mass is 518 g/mol. The number of amides is 1. The van der Waals surface area contributed by atoms with Crippen LogP contribution >= 0.6 is 11.8 Å². The standard InChI is InChI=1S/C29H34N4O3S/c34-26(20-36-27-9-5-2-6-10-27)19-30-16-15-22-11-13-24(14-12-22)32-28(35)17-25-21-37-29(33-25)31-18-23-7-3-1-4-8-23/h1-14,21,26,29-31,33-34H,15-20H2,(H,32,35)/t26?,29-/m0/s1. The average Bonchev–Trinajstić information content (AvgIpc) is 3.38. The van der Waals surface area contributed by atoms with Crippen molar-refractivity contribution in [3.63, 3.8) is 0 Å². The quantitative estimate of drug-likeness (QED) is 0.207. The van der Waals surface area contributed by atoms with Gasteiger partial charge in [-0.25, -0.2) is 0 Å². The van der Waals surface area contributed by atoms with Gasteiger partial charge in [0.2, 0.25) is 5.91 Å². The minimum atomic E-state index is -0.574. The molecule has 0 spiro atoms. The summed E-state index contributed by atoms with van der Waals surface area (Å²) >= 11 is 1.64. The van der Waals surface area contributed by atoms with Gasteiger partial charge >= 0.3 is 0 Å². The van der Waals surface area contributed by atoms with Crippen molar-refractivity contribution in [2.24, 2.45) is 0 Å². The van der Waals surface area contributed by atoms with Crippen LogP contribution in [0.4, 0.5) is 5.69 Å². The van der Waals surface area contributed by atoms with E-state index < -0.39 is 6.10 Å². The van der Waals surface area contributed by atoms with E-state index in [0.29, 0.717) is 13.0 Å². The van der Waals surface area contributed by atoms with E-state index in [1.165, 1.54) is 5.56 Å². The molecule has 0 saturated heterocycles. The number of hydrogen-bond acceptors (Lipinski definition) is 7. The summed E-state index contributed by atoms with van der Waals surface area (Å²) in [6.07, 6.45) is 0.556. The van der Waals surface area contributed by atoms with Gasteiger partial charge in [0.25, 0.3) is 0 Å². The first-order valence-corrected chi connectivity index (χ1v) is 13.4. The van der Waals surface area contributed by atoms with Gasteiger partial charge in [-0.15, -0.1) is 0 Å². The predicted molar refractivity (Wildman–Crippen MR) is 150 cm³/mol. The number of hydrogen-bond donors (Lipinski definition) is 5. The predicted octanol–water partition coefficient (Wildman–Crippen LogP) is 3.84. The summed E-state index contributed by atoms with van der Waals surface area (Å²) in [7, 11) is 0. The number of benzene rings is 3. The fourth-order valence-electron chi connectivity index (χ4n) is 3.79. The molecule has 0 aromatic heterocycles. The lowest BCUT2D eigenvalue weighted by Crippen LogP contribution is -2.36. The van der Waals surface area contributed by atoms with E-state index >= 15 is 0 Å². The van der Waals surface area contributed by atoms with Crippen LogP contribution in [0, 0.1) is 0 Å². The average molecular weight is 519 g/mol. The highest BCUT2D eigenvalue weighted by Gasteiger charge is 2.18. The van der Waals surface area contributed by atoms with Crippen LogP contribution in [-0.2, 0) is 17.8 Å². The summed E-state index contributed by atoms with van der Waals surface area (Å²) < 4.78 is 5.57. The maximum atomic E-state index is 12.5. The topological polar surface area (TPSA) is 94.7 Å². The number of carbonyl (C=O) groups is 1. The van der Waals surface area contributed by atoms with Crippen LogP contribution in [0.5, 0.6) is 5.75 Å². The van der Waals surface area contributed by atoms with Gasteiger partial charge < -0.3 is 25.8 Å². The molecule has 7 nitrogen and oxygen atoms in total. The van der Waals surface area contributed by atoms with E-state index in [9.17, 15) is 9.90 Å². The molecule has 0 saturated carbocycles. The second-order valence-corrected chi connectivity index (χ2v) is 9.80. The summed E-state index contributed by atoms with van der Waals surface area (Å²) in [6, 6.07) is 27.6. The smallest absolute Gasteiger partial charge is 0.230 e. The Morgan fingerprint density at radius 2 is 1.70 bits per heavy atom. The van der Waals surface area contributed by atoms with Gasteiger partial charge in [-0.2, -0.15) is 0 Å². The third kappa shape index (κ3) is 9.59. The number of aliphatic hydroxyl groups excluding tert-OH is 1. The number of carbonyl (C=O) groups excluding carboxylic acids is 1. The fraction of sp³-hybridized carbons (Fsp3) is 0.276. The van der Waals surface area contributed by atoms with Gasteiger partial charge in [0.1, 0.15) is 24.0 Å². The summed E-state index contributed by atoms with van der Waals surface area (Å²) in [6.45, 7) is 2.22. The van der Waals surface area contributed by atoms with E-state index in [-0.39, 0.29) is 18.0 Å². The van der Waals surface area contributed by atoms with Crippen molar-refractivity contribution in [1.29, 1.82) is 0 Å². The Morgan fingerprint density at radius 1 is 0.973 bits per heavy atom. The van der Waals surface area contributed by atoms with Gasteiger partial charge in [0.15, 0.2) is 0 Å². The summed E-state index contributed by atoms with van der Waals surface area (Å²) in [5.41, 5.74) is 4.13. The van der Waals surface area contributed by atoms with Crippen molar-refractivity contribution >= 4 is 23.4 Å². The van der Waals surface area contributed by atoms with Gasteiger partial charge in [-0.05, 0) is 53.8 Å². The van der Waals surface area contributed by atoms with Crippen LogP contribution in [0.2, 0.25) is 0 Å². The second kappa shape index (κ2) is 14.4. The number of ether oxygens (including phenoxy) is 1. The van der Waals surface area contributed by atoms with E-state index in [1.54, 1.807) is 11.8 Å². The molecule has 5 N–H and O–H groups in total. The number of anilines is 1. The molecule has 0 fully saturated rings. The lowest BCUT2D eigenvalue weighted by molar-refractivity contribution is -0.115. The van der Waals surface area contributed by atoms with Crippen LogP contribution in [0.15, 0.2) is 96.0 Å². The molecule has 3 aromatic rings. The summed E-state index contributed by atoms with van der Waals surface area (Å²) in [4.78, 5) is 12.5. The van der Waals surface area contributed by atoms with Crippen molar-refractivity contribution in [1.82, 2.24) is 16.0 Å². The van der Waals surface area contributed by atoms with Crippen molar-refractivity contribution in [3.8, 4) is 5.75 Å². The molecule has 1 aliphatic heterocycles. The molecular formula is C29H34N4O3S. The minimum Gasteiger partial charge on any atom is -0.491 e. The molecule has 2 atom stereocenters. The maximum Gasteiger partial charge on any atom is 0.230 e. The zero-order chi connectivity index (χ0) is 25.7. The Bertz CT molecular complexity index is 1130. The van der Waals surface area contributed by atoms with Crippen molar-refractivity contribution in [2.45, 2.75) is 31.0 Å². The molecule has 4 rings (SSSR count). The Balaban J connectivity index is 1.08. The molecule has 194 valence electrons. The summed E-state index contributed by atoms with van der Waals surface area (Å²) in [5, 5.41) is 25.1. The van der Waals surface area contributed by atoms with Crippen LogP contribution in [-0.4, -0.2) is 42.3 Å². The van der Waals surface area contributed by atoms with Crippen molar-refractivity contribution in [3.05, 3.63) is 107 Å². The molecule has 1 heterocycles. The largest absolute Gasteiger partial charge is 0.491 e. The van der Waals surface area contributed by atoms with Crippen molar-refractivity contribution in [2.75, 3.05) is 25.0 Å². The molecule has 8 heteroatoms. The van der Waals surface area contributed by atoms with Gasteiger partial charge in [0, 0.05) is 24.5 Å². The molecule has 3 aromatic carbocycles. The molecule has 1 amide bonds. The number of para-hydroxylation sites is 1. The van der Waals surface area contributed by atoms with E-state index in [0.717, 1.165) is 42.2 Å². The maximum absolute atomic E-state index is 12.5. The Labute approximate surface area is 222 Å². The Hall–Kier alpha value is -3.30. The molecule has 1 unspecified atom stereocenters. The zero-order valence-corrected chi connectivity index (χ0v) is 21.5. The summed E-state index contributed by atoms with van der Waals surface area (Å²) in [5.74, 6) is 0.702. The SMILES string of the molecule is O=C(CC1=CS[C@@H](NCc2ccccc2)N1)Nc1ccc(CCNCC(O)COc2ccccc2)cc1. The molecule has 1 aliphatic rings. The highest BCUT2D eigenvalue weighted by molar-refractivity contribution is 8.02. The van der Waals surface area contributed by atoms with E-state index in [4.69, 9.17) is 4.74 Å². The molecule has 37 heavy (non-hydrogen) atoms. The third-order valence-electron chi connectivity index (χ3n) is 5.74. The fourth-order valence-corrected chi connectivity index (χ4v) is 4.64. The lowest BCUT2D eigenvalue weighted by atomic mass is 10.1. The molecule has 0 aliphatic carbocycles. The minimum absolute atomic E-state index is 0.0517. The lowest BCUT2D eigenvalue weighted by Gasteiger charge is -2.15. The normalized spacial score (nSPS) is 15.5. The number of nitrogens with one attached hydrogen (secondary N) is 4. The van der Waals surface area contributed by atoms with Gasteiger partial charge in [0.05, 0.1) is 6.42 Å². The Morgan fingerprint density at radius 3 is 2.46 bits per heavy atom. The first-order valence-electron chi connectivity index (χ1n) is 12.5. The van der Waals surface area contributed by atoms with Crippen LogP contribution in [0.25, 0.3) is 0 Å². The molecular weight excluding hydrogens is 484 g/mol. The van der Waals surface area contributed by atoms with E-state index in [2.05, 4.69) is 33.4 Å². The Kier molecular flexibility index (Phi) is 10.4. The van der Waals surface area contributed by atoms with E-state index in [1.807, 2.05) is 78.2 Å². The second-order valence-electron chi connectivity index (χ2n) is 8.82. The molecule has 0 radical (unpaired) electrons. The van der Waals surface area contributed by atoms with Crippen LogP contribution in [0.3, 0.4) is 0 Å². The highest BCUT2D eigenvalue weighted by atomic mass is 32.2. The van der Waals surface area contributed by atoms with Gasteiger partial charge in [-0.3, -0.25) is 10.1 Å². The molecule has 0 bridgehead atoms. The van der Waals surface area contributed by atoms with Crippen molar-refractivity contribution < 1.29 is 14.6 Å². The first kappa shape index (κ1) is 26.8. The number of rotatable bonds is 14. The number of thioether (sulfide) groups is 1. The van der Waals surface area contributed by atoms with Crippen LogP contribution < -0.4 is 26.0 Å².